The SMILES string of the molecule is O=C(NC1CC1)c1cc(Nc2ccc3c(c2)OCCO3)nc(-c2ccccc2)n1. The number of carbonyl (C=O) groups excluding carboxylic acids is 1. The Bertz CT molecular complexity index is 1050. The van der Waals surface area contributed by atoms with Crippen LogP contribution < -0.4 is 20.1 Å². The van der Waals surface area contributed by atoms with E-state index in [1.807, 2.05) is 48.5 Å². The maximum Gasteiger partial charge on any atom is 0.270 e. The molecule has 1 aliphatic heterocycles. The van der Waals surface area contributed by atoms with Crippen molar-refractivity contribution in [2.75, 3.05) is 18.5 Å². The van der Waals surface area contributed by atoms with Gasteiger partial charge in [-0.3, -0.25) is 4.79 Å². The molecule has 7 heteroatoms. The second-order valence-electron chi connectivity index (χ2n) is 7.06. The molecule has 2 N–H and O–H groups in total. The van der Waals surface area contributed by atoms with E-state index in [-0.39, 0.29) is 11.9 Å². The minimum Gasteiger partial charge on any atom is -0.486 e. The summed E-state index contributed by atoms with van der Waals surface area (Å²) in [6, 6.07) is 17.2. The first-order valence-electron chi connectivity index (χ1n) is 9.67. The summed E-state index contributed by atoms with van der Waals surface area (Å²) in [7, 11) is 0. The van der Waals surface area contributed by atoms with Crippen molar-refractivity contribution in [2.24, 2.45) is 0 Å². The van der Waals surface area contributed by atoms with Crippen LogP contribution >= 0.6 is 0 Å². The molecule has 1 aromatic heterocycles. The number of anilines is 2. The number of nitrogens with zero attached hydrogens (tertiary/aromatic N) is 2. The Labute approximate surface area is 168 Å². The lowest BCUT2D eigenvalue weighted by Gasteiger charge is -2.19. The Morgan fingerprint density at radius 2 is 1.72 bits per heavy atom. The van der Waals surface area contributed by atoms with Crippen LogP contribution in [-0.2, 0) is 0 Å². The fourth-order valence-electron chi connectivity index (χ4n) is 3.10. The Kier molecular flexibility index (Phi) is 4.48. The number of fused-ring (bicyclic) bond motifs is 1. The van der Waals surface area contributed by atoms with Crippen molar-refractivity contribution in [2.45, 2.75) is 18.9 Å². The number of ether oxygens (including phenoxy) is 2. The van der Waals surface area contributed by atoms with Gasteiger partial charge >= 0.3 is 0 Å². The maximum atomic E-state index is 12.6. The molecule has 0 saturated heterocycles. The van der Waals surface area contributed by atoms with Crippen molar-refractivity contribution in [3.05, 3.63) is 60.3 Å². The molecule has 2 aliphatic rings. The largest absolute Gasteiger partial charge is 0.486 e. The first-order chi connectivity index (χ1) is 14.2. The highest BCUT2D eigenvalue weighted by molar-refractivity contribution is 5.94. The molecular formula is C22H20N4O3. The molecule has 1 amide bonds. The lowest BCUT2D eigenvalue weighted by Crippen LogP contribution is -2.26. The zero-order chi connectivity index (χ0) is 19.6. The monoisotopic (exact) mass is 388 g/mol. The van der Waals surface area contributed by atoms with Crippen LogP contribution in [0, 0.1) is 0 Å². The molecule has 7 nitrogen and oxygen atoms in total. The summed E-state index contributed by atoms with van der Waals surface area (Å²) in [5, 5.41) is 6.25. The molecule has 0 unspecified atom stereocenters. The van der Waals surface area contributed by atoms with Gasteiger partial charge in [0.25, 0.3) is 5.91 Å². The third kappa shape index (κ3) is 3.99. The highest BCUT2D eigenvalue weighted by atomic mass is 16.6. The Morgan fingerprint density at radius 3 is 2.52 bits per heavy atom. The lowest BCUT2D eigenvalue weighted by molar-refractivity contribution is 0.0946. The molecular weight excluding hydrogens is 368 g/mol. The first-order valence-corrected chi connectivity index (χ1v) is 9.67. The molecule has 1 saturated carbocycles. The van der Waals surface area contributed by atoms with E-state index in [0.29, 0.717) is 36.3 Å². The number of hydrogen-bond donors (Lipinski definition) is 2. The van der Waals surface area contributed by atoms with Gasteiger partial charge in [0.2, 0.25) is 0 Å². The van der Waals surface area contributed by atoms with Crippen molar-refractivity contribution < 1.29 is 14.3 Å². The summed E-state index contributed by atoms with van der Waals surface area (Å²) in [5.41, 5.74) is 1.98. The van der Waals surface area contributed by atoms with E-state index in [9.17, 15) is 4.79 Å². The summed E-state index contributed by atoms with van der Waals surface area (Å²) >= 11 is 0. The van der Waals surface area contributed by atoms with Gasteiger partial charge in [0.1, 0.15) is 24.7 Å². The quantitative estimate of drug-likeness (QED) is 0.695. The Morgan fingerprint density at radius 1 is 0.931 bits per heavy atom. The van der Waals surface area contributed by atoms with E-state index in [0.717, 1.165) is 29.8 Å². The first kappa shape index (κ1) is 17.5. The van der Waals surface area contributed by atoms with Crippen LogP contribution in [0.4, 0.5) is 11.5 Å². The smallest absolute Gasteiger partial charge is 0.270 e. The molecule has 1 aliphatic carbocycles. The highest BCUT2D eigenvalue weighted by Gasteiger charge is 2.25. The van der Waals surface area contributed by atoms with Gasteiger partial charge in [0.05, 0.1) is 0 Å². The van der Waals surface area contributed by atoms with Gasteiger partial charge < -0.3 is 20.1 Å². The molecule has 0 atom stereocenters. The standard InChI is InChI=1S/C22H20N4O3/c27-22(24-15-6-7-15)17-13-20(26-21(25-17)14-4-2-1-3-5-14)23-16-8-9-18-19(12-16)29-11-10-28-18/h1-5,8-9,12-13,15H,6-7,10-11H2,(H,24,27)(H,23,25,26). The summed E-state index contributed by atoms with van der Waals surface area (Å²) < 4.78 is 11.2. The van der Waals surface area contributed by atoms with Gasteiger partial charge in [-0.15, -0.1) is 0 Å². The third-order valence-electron chi connectivity index (χ3n) is 4.72. The van der Waals surface area contributed by atoms with Gasteiger partial charge in [-0.1, -0.05) is 30.3 Å². The number of nitrogens with one attached hydrogen (secondary N) is 2. The molecule has 5 rings (SSSR count). The second kappa shape index (κ2) is 7.43. The normalized spacial score (nSPS) is 14.9. The van der Waals surface area contributed by atoms with Crippen molar-refractivity contribution in [1.29, 1.82) is 0 Å². The zero-order valence-corrected chi connectivity index (χ0v) is 15.7. The lowest BCUT2D eigenvalue weighted by atomic mass is 10.2. The van der Waals surface area contributed by atoms with E-state index < -0.39 is 0 Å². The molecule has 0 bridgehead atoms. The predicted octanol–water partition coefficient (Wildman–Crippen LogP) is 3.55. The Balaban J connectivity index is 1.48. The number of hydrogen-bond acceptors (Lipinski definition) is 6. The number of amides is 1. The molecule has 0 spiro atoms. The van der Waals surface area contributed by atoms with Crippen molar-refractivity contribution in [1.82, 2.24) is 15.3 Å². The van der Waals surface area contributed by atoms with Gasteiger partial charge in [-0.05, 0) is 25.0 Å². The van der Waals surface area contributed by atoms with Crippen LogP contribution in [0.15, 0.2) is 54.6 Å². The average molecular weight is 388 g/mol. The van der Waals surface area contributed by atoms with Gasteiger partial charge in [-0.2, -0.15) is 0 Å². The molecule has 0 radical (unpaired) electrons. The van der Waals surface area contributed by atoms with E-state index >= 15 is 0 Å². The van der Waals surface area contributed by atoms with E-state index in [1.165, 1.54) is 0 Å². The average Bonchev–Trinajstić information content (AvgIpc) is 3.58. The summed E-state index contributed by atoms with van der Waals surface area (Å²) in [6.45, 7) is 1.07. The fourth-order valence-corrected chi connectivity index (χ4v) is 3.10. The van der Waals surface area contributed by atoms with Crippen LogP contribution in [0.2, 0.25) is 0 Å². The van der Waals surface area contributed by atoms with Crippen LogP contribution in [0.1, 0.15) is 23.3 Å². The fraction of sp³-hybridized carbons (Fsp3) is 0.227. The van der Waals surface area contributed by atoms with Crippen LogP contribution in [0.5, 0.6) is 11.5 Å². The van der Waals surface area contributed by atoms with Crippen LogP contribution in [-0.4, -0.2) is 35.1 Å². The molecule has 146 valence electrons. The van der Waals surface area contributed by atoms with Crippen LogP contribution in [0.3, 0.4) is 0 Å². The molecule has 2 aromatic carbocycles. The zero-order valence-electron chi connectivity index (χ0n) is 15.7. The minimum absolute atomic E-state index is 0.183. The molecule has 2 heterocycles. The summed E-state index contributed by atoms with van der Waals surface area (Å²) in [6.07, 6.45) is 2.04. The van der Waals surface area contributed by atoms with Crippen molar-refractivity contribution in [3.63, 3.8) is 0 Å². The third-order valence-corrected chi connectivity index (χ3v) is 4.72. The van der Waals surface area contributed by atoms with Gasteiger partial charge in [-0.25, -0.2) is 9.97 Å². The number of rotatable bonds is 5. The summed E-state index contributed by atoms with van der Waals surface area (Å²) in [5.74, 6) is 2.26. The van der Waals surface area contributed by atoms with Crippen molar-refractivity contribution in [3.8, 4) is 22.9 Å². The Hall–Kier alpha value is -3.61. The number of benzene rings is 2. The second-order valence-corrected chi connectivity index (χ2v) is 7.06. The van der Waals surface area contributed by atoms with E-state index in [1.54, 1.807) is 6.07 Å². The molecule has 1 fully saturated rings. The number of aromatic nitrogens is 2. The minimum atomic E-state index is -0.183. The van der Waals surface area contributed by atoms with E-state index in [2.05, 4.69) is 20.6 Å². The summed E-state index contributed by atoms with van der Waals surface area (Å²) in [4.78, 5) is 21.7. The van der Waals surface area contributed by atoms with E-state index in [4.69, 9.17) is 9.47 Å². The molecule has 29 heavy (non-hydrogen) atoms. The predicted molar refractivity (Wildman–Crippen MR) is 109 cm³/mol. The molecule has 3 aromatic rings. The van der Waals surface area contributed by atoms with Crippen molar-refractivity contribution >= 4 is 17.4 Å². The topological polar surface area (TPSA) is 85.4 Å². The number of carbonyl (C=O) groups is 1. The highest BCUT2D eigenvalue weighted by Crippen LogP contribution is 2.33. The van der Waals surface area contributed by atoms with Crippen LogP contribution in [0.25, 0.3) is 11.4 Å². The van der Waals surface area contributed by atoms with Gasteiger partial charge in [0.15, 0.2) is 17.3 Å². The maximum absolute atomic E-state index is 12.6. The van der Waals surface area contributed by atoms with Gasteiger partial charge in [0, 0.05) is 29.4 Å².